The fraction of sp³-hybridized carbons (Fsp3) is 0.684. The normalized spacial score (nSPS) is 18.0. The van der Waals surface area contributed by atoms with Gasteiger partial charge in [-0.25, -0.2) is 0 Å². The van der Waals surface area contributed by atoms with Crippen LogP contribution in [0.4, 0.5) is 0 Å². The van der Waals surface area contributed by atoms with Crippen LogP contribution in [0.5, 0.6) is 0 Å². The van der Waals surface area contributed by atoms with Gasteiger partial charge in [-0.1, -0.05) is 63.4 Å². The largest absolute Gasteiger partial charge is 0.316 e. The summed E-state index contributed by atoms with van der Waals surface area (Å²) in [6, 6.07) is 10.9. The van der Waals surface area contributed by atoms with E-state index in [1.54, 1.807) is 0 Å². The first-order valence-corrected chi connectivity index (χ1v) is 8.75. The summed E-state index contributed by atoms with van der Waals surface area (Å²) in [5.41, 5.74) is 1.94. The van der Waals surface area contributed by atoms with Crippen molar-refractivity contribution in [3.05, 3.63) is 35.9 Å². The highest BCUT2D eigenvalue weighted by Crippen LogP contribution is 2.36. The highest BCUT2D eigenvalue weighted by molar-refractivity contribution is 5.14. The molecule has 118 valence electrons. The minimum atomic E-state index is 0.499. The van der Waals surface area contributed by atoms with Crippen LogP contribution in [0.3, 0.4) is 0 Å². The Labute approximate surface area is 130 Å². The van der Waals surface area contributed by atoms with Crippen LogP contribution in [0.25, 0.3) is 0 Å². The van der Waals surface area contributed by atoms with Crippen molar-refractivity contribution >= 4 is 0 Å². The monoisotopic (exact) mass is 288 g/mol. The second kappa shape index (κ2) is 8.55. The molecule has 0 radical (unpaired) electrons. The van der Waals surface area contributed by atoms with Gasteiger partial charge in [0.2, 0.25) is 0 Å². The highest BCUT2D eigenvalue weighted by atomic mass is 15.1. The van der Waals surface area contributed by atoms with Crippen LogP contribution in [0.1, 0.15) is 51.5 Å². The number of hydrogen-bond donors (Lipinski definition) is 1. The van der Waals surface area contributed by atoms with E-state index < -0.39 is 0 Å². The zero-order valence-corrected chi connectivity index (χ0v) is 13.9. The minimum Gasteiger partial charge on any atom is -0.316 e. The predicted octanol–water partition coefficient (Wildman–Crippen LogP) is 4.07. The van der Waals surface area contributed by atoms with E-state index in [1.807, 2.05) is 0 Å². The smallest absolute Gasteiger partial charge is 0.0233 e. The summed E-state index contributed by atoms with van der Waals surface area (Å²) in [7, 11) is 0. The second-order valence-electron chi connectivity index (χ2n) is 6.63. The average molecular weight is 288 g/mol. The van der Waals surface area contributed by atoms with Crippen molar-refractivity contribution in [2.75, 3.05) is 26.2 Å². The van der Waals surface area contributed by atoms with Crippen molar-refractivity contribution in [3.63, 3.8) is 0 Å². The first kappa shape index (κ1) is 16.5. The van der Waals surface area contributed by atoms with Gasteiger partial charge in [-0.3, -0.25) is 4.90 Å². The lowest BCUT2D eigenvalue weighted by molar-refractivity contribution is 0.102. The Morgan fingerprint density at radius 2 is 1.76 bits per heavy atom. The molecule has 1 aliphatic carbocycles. The summed E-state index contributed by atoms with van der Waals surface area (Å²) < 4.78 is 0. The van der Waals surface area contributed by atoms with Gasteiger partial charge in [-0.05, 0) is 36.9 Å². The molecule has 0 unspecified atom stereocenters. The maximum absolute atomic E-state index is 3.63. The van der Waals surface area contributed by atoms with Crippen molar-refractivity contribution in [3.8, 4) is 0 Å². The molecule has 1 aromatic rings. The average Bonchev–Trinajstić information content (AvgIpc) is 2.54. The van der Waals surface area contributed by atoms with Crippen molar-refractivity contribution in [2.24, 2.45) is 5.41 Å². The molecule has 2 heteroatoms. The van der Waals surface area contributed by atoms with Gasteiger partial charge in [-0.15, -0.1) is 0 Å². The van der Waals surface area contributed by atoms with Gasteiger partial charge in [0.15, 0.2) is 0 Å². The Balaban J connectivity index is 1.99. The van der Waals surface area contributed by atoms with Gasteiger partial charge in [0.05, 0.1) is 0 Å². The SMILES string of the molecule is CCNCC1(CN(CC)Cc2ccccc2)CCCCC1. The van der Waals surface area contributed by atoms with Gasteiger partial charge >= 0.3 is 0 Å². The van der Waals surface area contributed by atoms with Gasteiger partial charge in [0.1, 0.15) is 0 Å². The lowest BCUT2D eigenvalue weighted by atomic mass is 9.73. The molecule has 1 aromatic carbocycles. The Morgan fingerprint density at radius 1 is 1.05 bits per heavy atom. The van der Waals surface area contributed by atoms with Gasteiger partial charge in [0.25, 0.3) is 0 Å². The molecule has 0 atom stereocenters. The molecule has 0 heterocycles. The predicted molar refractivity (Wildman–Crippen MR) is 91.5 cm³/mol. The molecule has 0 amide bonds. The number of hydrogen-bond acceptors (Lipinski definition) is 2. The lowest BCUT2D eigenvalue weighted by Gasteiger charge is -2.41. The molecule has 0 saturated heterocycles. The van der Waals surface area contributed by atoms with Gasteiger partial charge in [0, 0.05) is 19.6 Å². The summed E-state index contributed by atoms with van der Waals surface area (Å²) in [6.07, 6.45) is 7.04. The molecule has 2 rings (SSSR count). The molecule has 1 aliphatic rings. The van der Waals surface area contributed by atoms with Crippen LogP contribution < -0.4 is 5.32 Å². The molecular formula is C19H32N2. The van der Waals surface area contributed by atoms with Crippen molar-refractivity contribution in [2.45, 2.75) is 52.5 Å². The van der Waals surface area contributed by atoms with Crippen LogP contribution in [-0.4, -0.2) is 31.1 Å². The second-order valence-corrected chi connectivity index (χ2v) is 6.63. The van der Waals surface area contributed by atoms with Crippen LogP contribution >= 0.6 is 0 Å². The van der Waals surface area contributed by atoms with Crippen molar-refractivity contribution in [1.82, 2.24) is 10.2 Å². The van der Waals surface area contributed by atoms with E-state index in [4.69, 9.17) is 0 Å². The number of nitrogens with zero attached hydrogens (tertiary/aromatic N) is 1. The first-order chi connectivity index (χ1) is 10.3. The number of rotatable bonds is 8. The molecule has 1 saturated carbocycles. The third kappa shape index (κ3) is 5.12. The molecule has 0 aliphatic heterocycles. The molecule has 0 spiro atoms. The van der Waals surface area contributed by atoms with E-state index in [0.29, 0.717) is 5.41 Å². The van der Waals surface area contributed by atoms with Crippen LogP contribution in [0.2, 0.25) is 0 Å². The third-order valence-corrected chi connectivity index (χ3v) is 4.92. The van der Waals surface area contributed by atoms with Gasteiger partial charge in [-0.2, -0.15) is 0 Å². The Hall–Kier alpha value is -0.860. The summed E-state index contributed by atoms with van der Waals surface area (Å²) in [6.45, 7) is 10.3. The fourth-order valence-corrected chi connectivity index (χ4v) is 3.68. The summed E-state index contributed by atoms with van der Waals surface area (Å²) >= 11 is 0. The Bertz CT molecular complexity index is 382. The van der Waals surface area contributed by atoms with E-state index >= 15 is 0 Å². The third-order valence-electron chi connectivity index (χ3n) is 4.92. The standard InChI is InChI=1S/C19H32N2/c1-3-20-16-19(13-9-6-10-14-19)17-21(4-2)15-18-11-7-5-8-12-18/h5,7-8,11-12,20H,3-4,6,9-10,13-17H2,1-2H3. The van der Waals surface area contributed by atoms with E-state index in [2.05, 4.69) is 54.4 Å². The maximum Gasteiger partial charge on any atom is 0.0233 e. The Morgan fingerprint density at radius 3 is 2.38 bits per heavy atom. The Kier molecular flexibility index (Phi) is 6.72. The number of benzene rings is 1. The molecule has 0 aromatic heterocycles. The summed E-state index contributed by atoms with van der Waals surface area (Å²) in [5, 5.41) is 3.63. The quantitative estimate of drug-likeness (QED) is 0.776. The van der Waals surface area contributed by atoms with Crippen molar-refractivity contribution < 1.29 is 0 Å². The molecule has 1 fully saturated rings. The van der Waals surface area contributed by atoms with E-state index in [9.17, 15) is 0 Å². The summed E-state index contributed by atoms with van der Waals surface area (Å²) in [4.78, 5) is 2.64. The summed E-state index contributed by atoms with van der Waals surface area (Å²) in [5.74, 6) is 0. The maximum atomic E-state index is 3.63. The van der Waals surface area contributed by atoms with E-state index in [-0.39, 0.29) is 0 Å². The van der Waals surface area contributed by atoms with E-state index in [1.165, 1.54) is 50.8 Å². The zero-order valence-electron chi connectivity index (χ0n) is 13.9. The zero-order chi connectivity index (χ0) is 15.0. The van der Waals surface area contributed by atoms with Crippen LogP contribution in [-0.2, 0) is 6.54 Å². The molecular weight excluding hydrogens is 256 g/mol. The van der Waals surface area contributed by atoms with Crippen LogP contribution in [0.15, 0.2) is 30.3 Å². The molecule has 2 nitrogen and oxygen atoms in total. The highest BCUT2D eigenvalue weighted by Gasteiger charge is 2.33. The molecule has 21 heavy (non-hydrogen) atoms. The molecule has 0 bridgehead atoms. The lowest BCUT2D eigenvalue weighted by Crippen LogP contribution is -2.45. The molecule has 1 N–H and O–H groups in total. The topological polar surface area (TPSA) is 15.3 Å². The van der Waals surface area contributed by atoms with Crippen molar-refractivity contribution in [1.29, 1.82) is 0 Å². The van der Waals surface area contributed by atoms with E-state index in [0.717, 1.165) is 19.6 Å². The van der Waals surface area contributed by atoms with Crippen LogP contribution in [0, 0.1) is 5.41 Å². The minimum absolute atomic E-state index is 0.499. The van der Waals surface area contributed by atoms with Gasteiger partial charge < -0.3 is 5.32 Å². The number of nitrogens with one attached hydrogen (secondary N) is 1. The first-order valence-electron chi connectivity index (χ1n) is 8.75. The fourth-order valence-electron chi connectivity index (χ4n) is 3.68.